The van der Waals surface area contributed by atoms with Gasteiger partial charge in [0, 0.05) is 24.4 Å². The van der Waals surface area contributed by atoms with Gasteiger partial charge in [-0.15, -0.1) is 0 Å². The number of nitrogens with two attached hydrogens (primary N) is 1. The molecule has 0 spiro atoms. The van der Waals surface area contributed by atoms with Gasteiger partial charge >= 0.3 is 5.97 Å². The highest BCUT2D eigenvalue weighted by Gasteiger charge is 2.22. The van der Waals surface area contributed by atoms with Crippen molar-refractivity contribution in [3.63, 3.8) is 0 Å². The van der Waals surface area contributed by atoms with Gasteiger partial charge in [-0.05, 0) is 24.1 Å². The van der Waals surface area contributed by atoms with Gasteiger partial charge in [-0.25, -0.2) is 0 Å². The lowest BCUT2D eigenvalue weighted by molar-refractivity contribution is -0.141. The summed E-state index contributed by atoms with van der Waals surface area (Å²) < 4.78 is 4.69. The molecule has 0 fully saturated rings. The van der Waals surface area contributed by atoms with Crippen molar-refractivity contribution < 1.29 is 9.53 Å². The lowest BCUT2D eigenvalue weighted by Gasteiger charge is -2.22. The number of hydrogen-bond acceptors (Lipinski definition) is 4. The number of nitrogens with zero attached hydrogens (tertiary/aromatic N) is 1. The predicted molar refractivity (Wildman–Crippen MR) is 61.9 cm³/mol. The maximum Gasteiger partial charge on any atom is 0.306 e. The van der Waals surface area contributed by atoms with E-state index in [1.807, 2.05) is 19.1 Å². The molecule has 0 bridgehead atoms. The number of carbonyl (C=O) groups excluding carboxylic acids is 1. The minimum atomic E-state index is -0.231. The molecule has 0 saturated carbocycles. The molecule has 0 radical (unpaired) electrons. The highest BCUT2D eigenvalue weighted by Crippen LogP contribution is 2.24. The Morgan fingerprint density at radius 2 is 2.12 bits per heavy atom. The zero-order valence-corrected chi connectivity index (χ0v) is 9.72. The van der Waals surface area contributed by atoms with Crippen molar-refractivity contribution in [3.8, 4) is 0 Å². The molecule has 88 valence electrons. The van der Waals surface area contributed by atoms with E-state index in [2.05, 4.69) is 9.72 Å². The first-order valence-corrected chi connectivity index (χ1v) is 5.41. The molecule has 1 aromatic heterocycles. The number of pyridine rings is 1. The minimum Gasteiger partial charge on any atom is -0.469 e. The number of rotatable bonds is 5. The van der Waals surface area contributed by atoms with Crippen molar-refractivity contribution in [2.45, 2.75) is 31.7 Å². The smallest absolute Gasteiger partial charge is 0.306 e. The van der Waals surface area contributed by atoms with Crippen LogP contribution in [0.3, 0.4) is 0 Å². The van der Waals surface area contributed by atoms with Crippen LogP contribution in [0.4, 0.5) is 0 Å². The van der Waals surface area contributed by atoms with Crippen LogP contribution < -0.4 is 5.73 Å². The summed E-state index contributed by atoms with van der Waals surface area (Å²) in [5.74, 6) is -0.230. The Kier molecular flexibility index (Phi) is 4.92. The van der Waals surface area contributed by atoms with E-state index >= 15 is 0 Å². The summed E-state index contributed by atoms with van der Waals surface area (Å²) >= 11 is 0. The first-order valence-electron chi connectivity index (χ1n) is 5.41. The molecule has 2 unspecified atom stereocenters. The fourth-order valence-corrected chi connectivity index (χ4v) is 1.67. The Labute approximate surface area is 95.8 Å². The second kappa shape index (κ2) is 6.23. The van der Waals surface area contributed by atoms with E-state index in [1.165, 1.54) is 7.11 Å². The lowest BCUT2D eigenvalue weighted by atomic mass is 9.88. The van der Waals surface area contributed by atoms with Gasteiger partial charge in [0.25, 0.3) is 0 Å². The highest BCUT2D eigenvalue weighted by molar-refractivity contribution is 5.70. The molecule has 1 rings (SSSR count). The van der Waals surface area contributed by atoms with Crippen LogP contribution in [0.5, 0.6) is 0 Å². The van der Waals surface area contributed by atoms with Gasteiger partial charge in [-0.2, -0.15) is 0 Å². The Morgan fingerprint density at radius 3 is 2.62 bits per heavy atom. The topological polar surface area (TPSA) is 65.2 Å². The van der Waals surface area contributed by atoms with Crippen molar-refractivity contribution in [2.24, 2.45) is 5.73 Å². The number of ether oxygens (including phenoxy) is 1. The van der Waals surface area contributed by atoms with E-state index in [-0.39, 0.29) is 17.9 Å². The molecule has 1 aromatic rings. The van der Waals surface area contributed by atoms with Crippen LogP contribution in [0.15, 0.2) is 24.5 Å². The van der Waals surface area contributed by atoms with Gasteiger partial charge in [0.05, 0.1) is 13.5 Å². The summed E-state index contributed by atoms with van der Waals surface area (Å²) in [6.07, 6.45) is 4.56. The van der Waals surface area contributed by atoms with Crippen LogP contribution >= 0.6 is 0 Å². The summed E-state index contributed by atoms with van der Waals surface area (Å²) in [4.78, 5) is 15.3. The first-order chi connectivity index (χ1) is 7.69. The number of methoxy groups -OCH3 is 1. The molecule has 0 aliphatic rings. The third-order valence-electron chi connectivity index (χ3n) is 2.74. The van der Waals surface area contributed by atoms with Gasteiger partial charge in [0.15, 0.2) is 0 Å². The van der Waals surface area contributed by atoms with Crippen LogP contribution in [0, 0.1) is 0 Å². The first kappa shape index (κ1) is 12.6. The van der Waals surface area contributed by atoms with Gasteiger partial charge in [0.2, 0.25) is 0 Å². The predicted octanol–water partition coefficient (Wildman–Crippen LogP) is 1.47. The minimum absolute atomic E-state index is 0.000417. The Morgan fingerprint density at radius 1 is 1.50 bits per heavy atom. The van der Waals surface area contributed by atoms with E-state index < -0.39 is 0 Å². The molecule has 4 nitrogen and oxygen atoms in total. The molecular formula is C12H18N2O2. The van der Waals surface area contributed by atoms with Crippen molar-refractivity contribution in [2.75, 3.05) is 7.11 Å². The molecule has 0 aliphatic heterocycles. The molecule has 2 atom stereocenters. The Balaban J connectivity index is 2.83. The molecule has 16 heavy (non-hydrogen) atoms. The molecule has 0 aliphatic carbocycles. The van der Waals surface area contributed by atoms with Gasteiger partial charge in [0.1, 0.15) is 0 Å². The number of carbonyl (C=O) groups is 1. The van der Waals surface area contributed by atoms with Gasteiger partial charge in [-0.1, -0.05) is 6.92 Å². The van der Waals surface area contributed by atoms with E-state index in [1.54, 1.807) is 12.4 Å². The Bertz CT molecular complexity index is 327. The summed E-state index contributed by atoms with van der Waals surface area (Å²) in [5.41, 5.74) is 7.06. The van der Waals surface area contributed by atoms with Crippen LogP contribution in [0.25, 0.3) is 0 Å². The standard InChI is InChI=1S/C12H18N2O2/c1-3-11(13)10(8-12(15)16-2)9-4-6-14-7-5-9/h4-7,10-11H,3,8,13H2,1-2H3. The quantitative estimate of drug-likeness (QED) is 0.766. The second-order valence-corrected chi connectivity index (χ2v) is 3.74. The maximum absolute atomic E-state index is 11.3. The lowest BCUT2D eigenvalue weighted by Crippen LogP contribution is -2.29. The second-order valence-electron chi connectivity index (χ2n) is 3.74. The zero-order chi connectivity index (χ0) is 12.0. The average Bonchev–Trinajstić information content (AvgIpc) is 2.35. The van der Waals surface area contributed by atoms with E-state index in [4.69, 9.17) is 5.73 Å². The summed E-state index contributed by atoms with van der Waals surface area (Å²) in [6.45, 7) is 2.01. The van der Waals surface area contributed by atoms with Crippen molar-refractivity contribution in [1.82, 2.24) is 4.98 Å². The SMILES string of the molecule is CCC(N)C(CC(=O)OC)c1ccncc1. The van der Waals surface area contributed by atoms with Crippen molar-refractivity contribution in [1.29, 1.82) is 0 Å². The third-order valence-corrected chi connectivity index (χ3v) is 2.74. The molecule has 0 amide bonds. The van der Waals surface area contributed by atoms with Crippen molar-refractivity contribution >= 4 is 5.97 Å². The molecule has 2 N–H and O–H groups in total. The fourth-order valence-electron chi connectivity index (χ4n) is 1.67. The third kappa shape index (κ3) is 3.31. The van der Waals surface area contributed by atoms with Gasteiger partial charge < -0.3 is 10.5 Å². The van der Waals surface area contributed by atoms with Crippen molar-refractivity contribution in [3.05, 3.63) is 30.1 Å². The molecule has 4 heteroatoms. The van der Waals surface area contributed by atoms with E-state index in [0.717, 1.165) is 12.0 Å². The van der Waals surface area contributed by atoms with Crippen LogP contribution in [0.2, 0.25) is 0 Å². The van der Waals surface area contributed by atoms with Crippen LogP contribution in [-0.4, -0.2) is 24.1 Å². The van der Waals surface area contributed by atoms with E-state index in [9.17, 15) is 4.79 Å². The van der Waals surface area contributed by atoms with Gasteiger partial charge in [-0.3, -0.25) is 9.78 Å². The van der Waals surface area contributed by atoms with Crippen LogP contribution in [0.1, 0.15) is 31.2 Å². The zero-order valence-electron chi connectivity index (χ0n) is 9.72. The fraction of sp³-hybridized carbons (Fsp3) is 0.500. The number of esters is 1. The number of hydrogen-bond donors (Lipinski definition) is 1. The number of aromatic nitrogens is 1. The molecule has 0 aromatic carbocycles. The normalized spacial score (nSPS) is 14.2. The molecule has 0 saturated heterocycles. The summed E-state index contributed by atoms with van der Waals surface area (Å²) in [6, 6.07) is 3.74. The largest absolute Gasteiger partial charge is 0.469 e. The van der Waals surface area contributed by atoms with E-state index in [0.29, 0.717) is 6.42 Å². The molecular weight excluding hydrogens is 204 g/mol. The van der Waals surface area contributed by atoms with Crippen LogP contribution in [-0.2, 0) is 9.53 Å². The summed E-state index contributed by atoms with van der Waals surface area (Å²) in [7, 11) is 1.39. The average molecular weight is 222 g/mol. The highest BCUT2D eigenvalue weighted by atomic mass is 16.5. The Hall–Kier alpha value is -1.42. The monoisotopic (exact) mass is 222 g/mol. The summed E-state index contributed by atoms with van der Waals surface area (Å²) in [5, 5.41) is 0. The maximum atomic E-state index is 11.3. The molecule has 1 heterocycles.